The molecule has 4 amide bonds. The van der Waals surface area contributed by atoms with Gasteiger partial charge in [-0.05, 0) is 61.4 Å². The van der Waals surface area contributed by atoms with Crippen LogP contribution in [-0.2, 0) is 32.4 Å². The fourth-order valence-electron chi connectivity index (χ4n) is 7.48. The van der Waals surface area contributed by atoms with Gasteiger partial charge in [0.1, 0.15) is 0 Å². The lowest BCUT2D eigenvalue weighted by Gasteiger charge is -2.42. The summed E-state index contributed by atoms with van der Waals surface area (Å²) < 4.78 is 31.3. The highest BCUT2D eigenvalue weighted by Crippen LogP contribution is 2.34. The Labute approximate surface area is 303 Å². The van der Waals surface area contributed by atoms with E-state index in [2.05, 4.69) is 10.2 Å². The first kappa shape index (κ1) is 36.5. The van der Waals surface area contributed by atoms with Crippen molar-refractivity contribution in [2.24, 2.45) is 0 Å². The second-order valence-corrected chi connectivity index (χ2v) is 16.3. The number of carbonyl (C=O) groups excluding carboxylic acids is 3. The number of ether oxygens (including phenoxy) is 1. The number of fused-ring (bicyclic) bond motifs is 1. The summed E-state index contributed by atoms with van der Waals surface area (Å²) in [5.74, 6) is -0.587. The molecule has 0 aromatic heterocycles. The number of aromatic hydroxyl groups is 1. The molecule has 0 spiro atoms. The zero-order chi connectivity index (χ0) is 35.6. The Kier molecular flexibility index (Phi) is 11.3. The molecule has 13 nitrogen and oxygen atoms in total. The topological polar surface area (TPSA) is 143 Å². The number of piperidine rings is 2. The van der Waals surface area contributed by atoms with Crippen LogP contribution >= 0.6 is 23.2 Å². The summed E-state index contributed by atoms with van der Waals surface area (Å²) in [5, 5.41) is 13.2. The average Bonchev–Trinajstić information content (AvgIpc) is 3.27. The number of urea groups is 1. The minimum Gasteiger partial charge on any atom is -0.505 e. The number of nitrogens with zero attached hydrogens (tertiary/aromatic N) is 5. The third kappa shape index (κ3) is 8.42. The number of phenols is 1. The Bertz CT molecular complexity index is 1670. The molecule has 272 valence electrons. The van der Waals surface area contributed by atoms with Gasteiger partial charge in [-0.2, -0.15) is 4.31 Å². The fraction of sp³-hybridized carbons (Fsp3) is 0.559. The van der Waals surface area contributed by atoms with Crippen molar-refractivity contribution >= 4 is 56.9 Å². The first-order valence-corrected chi connectivity index (χ1v) is 19.7. The molecule has 0 radical (unpaired) electrons. The van der Waals surface area contributed by atoms with Crippen molar-refractivity contribution in [2.45, 2.75) is 56.7 Å². The number of amides is 4. The lowest BCUT2D eigenvalue weighted by Crippen LogP contribution is -2.55. The molecule has 3 saturated heterocycles. The van der Waals surface area contributed by atoms with E-state index in [0.29, 0.717) is 90.1 Å². The highest BCUT2D eigenvalue weighted by molar-refractivity contribution is 7.88. The molecule has 1 unspecified atom stereocenters. The number of hydrogen-bond acceptors (Lipinski definition) is 8. The number of sulfonamides is 1. The van der Waals surface area contributed by atoms with Crippen LogP contribution in [-0.4, -0.2) is 139 Å². The van der Waals surface area contributed by atoms with Crippen molar-refractivity contribution < 1.29 is 32.6 Å². The van der Waals surface area contributed by atoms with Crippen molar-refractivity contribution in [1.82, 2.24) is 23.9 Å². The molecule has 1 atom stereocenters. The number of likely N-dealkylation sites (tertiary alicyclic amines) is 2. The van der Waals surface area contributed by atoms with E-state index in [1.807, 2.05) is 29.2 Å². The quantitative estimate of drug-likeness (QED) is 0.435. The molecule has 2 N–H and O–H groups in total. The van der Waals surface area contributed by atoms with Crippen LogP contribution in [0.15, 0.2) is 36.4 Å². The summed E-state index contributed by atoms with van der Waals surface area (Å²) in [6.07, 6.45) is 2.81. The third-order valence-corrected chi connectivity index (χ3v) is 12.2. The maximum atomic E-state index is 14.0. The maximum Gasteiger partial charge on any atom is 0.410 e. The lowest BCUT2D eigenvalue weighted by molar-refractivity contribution is -0.142. The van der Waals surface area contributed by atoms with Gasteiger partial charge in [0, 0.05) is 83.1 Å². The SMILES string of the molecule is CS(=O)(=O)N1CCN(C2CCN(C(=O)C(Cc3cc(Cl)c(O)c(Cl)c3)OC(=O)N3CCC(N4CCc5ccccc5NC4=O)CC3)CC2)CC1. The number of rotatable bonds is 7. The summed E-state index contributed by atoms with van der Waals surface area (Å²) in [5.41, 5.74) is 2.45. The molecule has 0 aliphatic carbocycles. The van der Waals surface area contributed by atoms with Gasteiger partial charge in [-0.1, -0.05) is 41.4 Å². The molecule has 0 saturated carbocycles. The number of benzene rings is 2. The minimum atomic E-state index is -3.22. The molecular weight excluding hydrogens is 707 g/mol. The molecule has 3 fully saturated rings. The van der Waals surface area contributed by atoms with E-state index in [1.54, 1.807) is 9.80 Å². The summed E-state index contributed by atoms with van der Waals surface area (Å²) >= 11 is 12.4. The van der Waals surface area contributed by atoms with E-state index in [-0.39, 0.29) is 46.2 Å². The van der Waals surface area contributed by atoms with Crippen molar-refractivity contribution in [1.29, 1.82) is 0 Å². The molecule has 0 bridgehead atoms. The van der Waals surface area contributed by atoms with Gasteiger partial charge in [0.25, 0.3) is 5.91 Å². The third-order valence-electron chi connectivity index (χ3n) is 10.4. The number of para-hydroxylation sites is 1. The molecule has 4 aliphatic rings. The molecule has 2 aromatic rings. The standard InChI is InChI=1S/C34H44Cl2N6O7S/c1-50(47,48)41-18-16-38(17-19-41)25-7-11-39(12-8-25)32(44)30(22-23-20-27(35)31(43)28(36)21-23)49-34(46)40-13-9-26(10-14-40)42-15-6-24-4-2-3-5-29(24)37-33(42)45/h2-5,20-21,25-26,30,43H,6-19,22H2,1H3,(H,37,45). The number of carbonyl (C=O) groups is 3. The van der Waals surface area contributed by atoms with Crippen LogP contribution in [0.3, 0.4) is 0 Å². The highest BCUT2D eigenvalue weighted by Gasteiger charge is 2.37. The molecule has 2 aromatic carbocycles. The summed E-state index contributed by atoms with van der Waals surface area (Å²) in [6, 6.07) is 10.8. The van der Waals surface area contributed by atoms with E-state index >= 15 is 0 Å². The predicted molar refractivity (Wildman–Crippen MR) is 190 cm³/mol. The van der Waals surface area contributed by atoms with Crippen LogP contribution in [0.4, 0.5) is 15.3 Å². The smallest absolute Gasteiger partial charge is 0.410 e. The van der Waals surface area contributed by atoms with Gasteiger partial charge in [0.15, 0.2) is 11.9 Å². The zero-order valence-corrected chi connectivity index (χ0v) is 30.4. The molecular formula is C34H44Cl2N6O7S. The Morgan fingerprint density at radius 1 is 0.900 bits per heavy atom. The molecule has 4 aliphatic heterocycles. The summed E-state index contributed by atoms with van der Waals surface area (Å²) in [6.45, 7) is 4.44. The van der Waals surface area contributed by atoms with Crippen molar-refractivity contribution in [2.75, 3.05) is 70.5 Å². The van der Waals surface area contributed by atoms with E-state index in [0.717, 1.165) is 17.7 Å². The number of halogens is 2. The Balaban J connectivity index is 1.07. The van der Waals surface area contributed by atoms with Gasteiger partial charge >= 0.3 is 12.1 Å². The summed E-state index contributed by atoms with van der Waals surface area (Å²) in [4.78, 5) is 48.1. The molecule has 50 heavy (non-hydrogen) atoms. The highest BCUT2D eigenvalue weighted by atomic mass is 35.5. The van der Waals surface area contributed by atoms with Crippen LogP contribution in [0.25, 0.3) is 0 Å². The number of nitrogens with one attached hydrogen (secondary N) is 1. The first-order valence-electron chi connectivity index (χ1n) is 17.1. The van der Waals surface area contributed by atoms with Gasteiger partial charge in [-0.25, -0.2) is 18.0 Å². The largest absolute Gasteiger partial charge is 0.505 e. The Morgan fingerprint density at radius 3 is 2.14 bits per heavy atom. The van der Waals surface area contributed by atoms with Gasteiger partial charge in [-0.3, -0.25) is 9.69 Å². The zero-order valence-electron chi connectivity index (χ0n) is 28.1. The number of phenolic OH excluding ortho intramolecular Hbond substituents is 1. The van der Waals surface area contributed by atoms with Crippen molar-refractivity contribution in [3.63, 3.8) is 0 Å². The number of piperazine rings is 1. The van der Waals surface area contributed by atoms with E-state index < -0.39 is 22.2 Å². The molecule has 16 heteroatoms. The Hall–Kier alpha value is -3.30. The van der Waals surface area contributed by atoms with E-state index in [1.165, 1.54) is 22.7 Å². The van der Waals surface area contributed by atoms with Crippen LogP contribution in [0.5, 0.6) is 5.75 Å². The maximum absolute atomic E-state index is 14.0. The first-order chi connectivity index (χ1) is 23.9. The van der Waals surface area contributed by atoms with Gasteiger partial charge in [0.2, 0.25) is 10.0 Å². The van der Waals surface area contributed by atoms with Crippen molar-refractivity contribution in [3.8, 4) is 5.75 Å². The lowest BCUT2D eigenvalue weighted by atomic mass is 10.0. The van der Waals surface area contributed by atoms with E-state index in [4.69, 9.17) is 27.9 Å². The van der Waals surface area contributed by atoms with Crippen LogP contribution in [0.2, 0.25) is 10.0 Å². The number of hydrogen-bond donors (Lipinski definition) is 2. The summed E-state index contributed by atoms with van der Waals surface area (Å²) in [7, 11) is -3.22. The van der Waals surface area contributed by atoms with Crippen molar-refractivity contribution in [3.05, 3.63) is 57.6 Å². The van der Waals surface area contributed by atoms with Gasteiger partial charge in [-0.15, -0.1) is 0 Å². The van der Waals surface area contributed by atoms with Crippen LogP contribution in [0.1, 0.15) is 36.8 Å². The monoisotopic (exact) mass is 750 g/mol. The molecule has 4 heterocycles. The van der Waals surface area contributed by atoms with Crippen LogP contribution in [0, 0.1) is 0 Å². The number of anilines is 1. The Morgan fingerprint density at radius 2 is 1.50 bits per heavy atom. The van der Waals surface area contributed by atoms with E-state index in [9.17, 15) is 27.9 Å². The second kappa shape index (κ2) is 15.5. The van der Waals surface area contributed by atoms with Gasteiger partial charge in [0.05, 0.1) is 16.3 Å². The predicted octanol–water partition coefficient (Wildman–Crippen LogP) is 3.87. The van der Waals surface area contributed by atoms with Gasteiger partial charge < -0.3 is 29.9 Å². The van der Waals surface area contributed by atoms with Crippen LogP contribution < -0.4 is 5.32 Å². The molecule has 6 rings (SSSR count). The normalized spacial score (nSPS) is 20.9. The average molecular weight is 752 g/mol. The second-order valence-electron chi connectivity index (χ2n) is 13.5. The minimum absolute atomic E-state index is 0.0165. The fourth-order valence-corrected chi connectivity index (χ4v) is 8.84.